The van der Waals surface area contributed by atoms with Crippen LogP contribution < -0.4 is 0 Å². The molecule has 0 aromatic rings. The summed E-state index contributed by atoms with van der Waals surface area (Å²) in [4.78, 5) is 0. The summed E-state index contributed by atoms with van der Waals surface area (Å²) in [5, 5.41) is 0. The minimum Gasteiger partial charge on any atom is -0.0999 e. The molecule has 0 heteroatoms. The Morgan fingerprint density at radius 2 is 1.70 bits per heavy atom. The Bertz CT molecular complexity index is 98.6. The molecule has 60 valence electrons. The van der Waals surface area contributed by atoms with Crippen molar-refractivity contribution in [1.29, 1.82) is 0 Å². The largest absolute Gasteiger partial charge is 0.0999 e. The van der Waals surface area contributed by atoms with E-state index in [0.717, 1.165) is 5.92 Å². The summed E-state index contributed by atoms with van der Waals surface area (Å²) in [6.45, 7) is 12.9. The van der Waals surface area contributed by atoms with Crippen LogP contribution in [0.25, 0.3) is 0 Å². The van der Waals surface area contributed by atoms with Crippen LogP contribution in [-0.2, 0) is 0 Å². The molecule has 0 saturated heterocycles. The smallest absolute Gasteiger partial charge is 0.0209 e. The van der Waals surface area contributed by atoms with E-state index in [-0.39, 0.29) is 0 Å². The average Bonchev–Trinajstić information content (AvgIpc) is 1.90. The highest BCUT2D eigenvalue weighted by atomic mass is 14.2. The minimum absolute atomic E-state index is 0.704. The Morgan fingerprint density at radius 1 is 1.30 bits per heavy atom. The first-order chi connectivity index (χ1) is 4.63. The second kappa shape index (κ2) is 4.54. The number of hydrogen-bond donors (Lipinski definition) is 0. The highest BCUT2D eigenvalue weighted by molar-refractivity contribution is 4.96. The van der Waals surface area contributed by atoms with Gasteiger partial charge in [-0.15, -0.1) is 0 Å². The zero-order valence-corrected chi connectivity index (χ0v) is 7.78. The average molecular weight is 140 g/mol. The van der Waals surface area contributed by atoms with E-state index in [0.29, 0.717) is 5.92 Å². The number of rotatable bonds is 4. The third-order valence-corrected chi connectivity index (χ3v) is 2.53. The van der Waals surface area contributed by atoms with E-state index in [1.165, 1.54) is 18.4 Å². The standard InChI is InChI=1S/C10H20/c1-6-10(7-2)9(5)8(3)4/h9-10H,3,6-7H2,1-2,4-5H3. The predicted octanol–water partition coefficient (Wildman–Crippen LogP) is 3.63. The zero-order chi connectivity index (χ0) is 8.15. The molecule has 0 amide bonds. The number of hydrogen-bond acceptors (Lipinski definition) is 0. The van der Waals surface area contributed by atoms with Gasteiger partial charge >= 0.3 is 0 Å². The van der Waals surface area contributed by atoms with Gasteiger partial charge < -0.3 is 0 Å². The summed E-state index contributed by atoms with van der Waals surface area (Å²) >= 11 is 0. The van der Waals surface area contributed by atoms with Crippen molar-refractivity contribution >= 4 is 0 Å². The molecule has 10 heavy (non-hydrogen) atoms. The van der Waals surface area contributed by atoms with Gasteiger partial charge in [-0.1, -0.05) is 45.8 Å². The lowest BCUT2D eigenvalue weighted by molar-refractivity contribution is 0.380. The Hall–Kier alpha value is -0.260. The van der Waals surface area contributed by atoms with Crippen molar-refractivity contribution in [2.45, 2.75) is 40.5 Å². The van der Waals surface area contributed by atoms with Gasteiger partial charge in [0.1, 0.15) is 0 Å². The quantitative estimate of drug-likeness (QED) is 0.523. The van der Waals surface area contributed by atoms with E-state index in [4.69, 9.17) is 0 Å². The first-order valence-corrected chi connectivity index (χ1v) is 4.28. The van der Waals surface area contributed by atoms with Crippen molar-refractivity contribution in [2.75, 3.05) is 0 Å². The molecule has 0 nitrogen and oxygen atoms in total. The van der Waals surface area contributed by atoms with Gasteiger partial charge in [-0.05, 0) is 18.8 Å². The van der Waals surface area contributed by atoms with Crippen LogP contribution in [0.2, 0.25) is 0 Å². The highest BCUT2D eigenvalue weighted by Crippen LogP contribution is 2.24. The van der Waals surface area contributed by atoms with E-state index in [1.807, 2.05) is 0 Å². The molecule has 0 radical (unpaired) electrons. The fraction of sp³-hybridized carbons (Fsp3) is 0.800. The summed E-state index contributed by atoms with van der Waals surface area (Å²) in [5.74, 6) is 1.55. The molecule has 1 atom stereocenters. The van der Waals surface area contributed by atoms with Crippen molar-refractivity contribution in [2.24, 2.45) is 11.8 Å². The van der Waals surface area contributed by atoms with Crippen LogP contribution in [0.4, 0.5) is 0 Å². The van der Waals surface area contributed by atoms with E-state index in [1.54, 1.807) is 0 Å². The molecular weight excluding hydrogens is 120 g/mol. The van der Waals surface area contributed by atoms with E-state index >= 15 is 0 Å². The van der Waals surface area contributed by atoms with Gasteiger partial charge in [0.2, 0.25) is 0 Å². The van der Waals surface area contributed by atoms with Gasteiger partial charge in [-0.2, -0.15) is 0 Å². The SMILES string of the molecule is C=C(C)C(C)C(CC)CC. The molecule has 0 aromatic carbocycles. The summed E-state index contributed by atoms with van der Waals surface area (Å²) < 4.78 is 0. The normalized spacial score (nSPS) is 13.7. The molecule has 0 aliphatic carbocycles. The van der Waals surface area contributed by atoms with Crippen LogP contribution in [0, 0.1) is 11.8 Å². The van der Waals surface area contributed by atoms with Crippen LogP contribution in [-0.4, -0.2) is 0 Å². The molecule has 0 rings (SSSR count). The molecule has 0 saturated carbocycles. The molecule has 0 aliphatic rings. The van der Waals surface area contributed by atoms with Crippen molar-refractivity contribution in [3.63, 3.8) is 0 Å². The van der Waals surface area contributed by atoms with Crippen molar-refractivity contribution in [3.8, 4) is 0 Å². The molecule has 0 aliphatic heterocycles. The Balaban J connectivity index is 3.88. The summed E-state index contributed by atoms with van der Waals surface area (Å²) in [7, 11) is 0. The Morgan fingerprint density at radius 3 is 1.80 bits per heavy atom. The third kappa shape index (κ3) is 2.55. The van der Waals surface area contributed by atoms with Gasteiger partial charge in [0.15, 0.2) is 0 Å². The maximum absolute atomic E-state index is 3.97. The van der Waals surface area contributed by atoms with Gasteiger partial charge in [-0.25, -0.2) is 0 Å². The molecule has 0 N–H and O–H groups in total. The second-order valence-electron chi connectivity index (χ2n) is 3.21. The maximum Gasteiger partial charge on any atom is -0.0209 e. The first kappa shape index (κ1) is 9.74. The summed E-state index contributed by atoms with van der Waals surface area (Å²) in [6, 6.07) is 0. The van der Waals surface area contributed by atoms with Gasteiger partial charge in [0, 0.05) is 0 Å². The minimum atomic E-state index is 0.704. The third-order valence-electron chi connectivity index (χ3n) is 2.53. The molecule has 0 fully saturated rings. The fourth-order valence-electron chi connectivity index (χ4n) is 1.40. The molecule has 0 heterocycles. The zero-order valence-electron chi connectivity index (χ0n) is 7.78. The van der Waals surface area contributed by atoms with Gasteiger partial charge in [0.05, 0.1) is 0 Å². The van der Waals surface area contributed by atoms with Crippen LogP contribution in [0.5, 0.6) is 0 Å². The molecule has 1 unspecified atom stereocenters. The lowest BCUT2D eigenvalue weighted by atomic mass is 9.85. The molecule has 0 bridgehead atoms. The molecule has 0 aromatic heterocycles. The summed E-state index contributed by atoms with van der Waals surface area (Å²) in [5.41, 5.74) is 1.33. The van der Waals surface area contributed by atoms with Gasteiger partial charge in [0.25, 0.3) is 0 Å². The molecular formula is C10H20. The van der Waals surface area contributed by atoms with Crippen LogP contribution >= 0.6 is 0 Å². The predicted molar refractivity (Wildman–Crippen MR) is 48.1 cm³/mol. The molecule has 0 spiro atoms. The lowest BCUT2D eigenvalue weighted by Gasteiger charge is -2.20. The van der Waals surface area contributed by atoms with E-state index < -0.39 is 0 Å². The maximum atomic E-state index is 3.97. The summed E-state index contributed by atoms with van der Waals surface area (Å²) in [6.07, 6.45) is 2.56. The Kier molecular flexibility index (Phi) is 4.42. The highest BCUT2D eigenvalue weighted by Gasteiger charge is 2.12. The Labute approximate surface area is 65.3 Å². The van der Waals surface area contributed by atoms with Crippen LogP contribution in [0.3, 0.4) is 0 Å². The van der Waals surface area contributed by atoms with Gasteiger partial charge in [-0.3, -0.25) is 0 Å². The van der Waals surface area contributed by atoms with Crippen LogP contribution in [0.1, 0.15) is 40.5 Å². The van der Waals surface area contributed by atoms with E-state index in [9.17, 15) is 0 Å². The monoisotopic (exact) mass is 140 g/mol. The topological polar surface area (TPSA) is 0 Å². The number of allylic oxidation sites excluding steroid dienone is 1. The van der Waals surface area contributed by atoms with Crippen molar-refractivity contribution < 1.29 is 0 Å². The first-order valence-electron chi connectivity index (χ1n) is 4.28. The van der Waals surface area contributed by atoms with Crippen LogP contribution in [0.15, 0.2) is 12.2 Å². The van der Waals surface area contributed by atoms with Crippen molar-refractivity contribution in [3.05, 3.63) is 12.2 Å². The van der Waals surface area contributed by atoms with E-state index in [2.05, 4.69) is 34.3 Å². The van der Waals surface area contributed by atoms with Crippen molar-refractivity contribution in [1.82, 2.24) is 0 Å². The fourth-order valence-corrected chi connectivity index (χ4v) is 1.40. The lowest BCUT2D eigenvalue weighted by Crippen LogP contribution is -2.10. The second-order valence-corrected chi connectivity index (χ2v) is 3.21.